The molecule has 0 fully saturated rings. The normalized spacial score (nSPS) is 11.7. The number of aliphatic carboxylic acids is 1. The molecule has 0 heterocycles. The number of amides is 3. The van der Waals surface area contributed by atoms with E-state index in [0.29, 0.717) is 19.6 Å². The molecule has 0 aromatic carbocycles. The molecular weight excluding hydrogens is 274 g/mol. The van der Waals surface area contributed by atoms with Crippen LogP contribution in [0.2, 0.25) is 0 Å². The Morgan fingerprint density at radius 3 is 1.95 bits per heavy atom. The summed E-state index contributed by atoms with van der Waals surface area (Å²) in [5.74, 6) is -1.06. The fraction of sp³-hybridized carbons (Fsp3) is 0.786. The predicted molar refractivity (Wildman–Crippen MR) is 80.0 cm³/mol. The first-order chi connectivity index (χ1) is 9.78. The number of carboxylic acid groups (broad SMARTS) is 1. The highest BCUT2D eigenvalue weighted by atomic mass is 16.4. The Bertz CT molecular complexity index is 369. The third-order valence-corrected chi connectivity index (χ3v) is 3.40. The summed E-state index contributed by atoms with van der Waals surface area (Å²) in [5, 5.41) is 8.82. The van der Waals surface area contributed by atoms with Gasteiger partial charge >= 0.3 is 12.0 Å². The topological polar surface area (TPSA) is 81.2 Å². The first-order valence-electron chi connectivity index (χ1n) is 7.29. The van der Waals surface area contributed by atoms with Crippen LogP contribution < -0.4 is 0 Å². The quantitative estimate of drug-likeness (QED) is 0.727. The maximum atomic E-state index is 12.3. The molecule has 0 aliphatic heterocycles. The average Bonchev–Trinajstić information content (AvgIpc) is 2.39. The van der Waals surface area contributed by atoms with Crippen LogP contribution in [0.5, 0.6) is 0 Å². The second-order valence-corrected chi connectivity index (χ2v) is 4.94. The molecule has 1 unspecified atom stereocenters. The molecule has 122 valence electrons. The molecule has 0 bridgehead atoms. The SMILES string of the molecule is CCN(CC)C(=O)CN(C)C(=O)N(CC)C(C)CC(=O)O. The smallest absolute Gasteiger partial charge is 0.320 e. The summed E-state index contributed by atoms with van der Waals surface area (Å²) in [6.07, 6.45) is -0.114. The van der Waals surface area contributed by atoms with E-state index in [1.807, 2.05) is 13.8 Å². The van der Waals surface area contributed by atoms with Gasteiger partial charge in [0.1, 0.15) is 6.54 Å². The molecule has 0 aliphatic rings. The van der Waals surface area contributed by atoms with Crippen LogP contribution in [0.25, 0.3) is 0 Å². The Kier molecular flexibility index (Phi) is 8.42. The molecule has 0 aliphatic carbocycles. The van der Waals surface area contributed by atoms with Gasteiger partial charge in [0.05, 0.1) is 6.42 Å². The zero-order valence-electron chi connectivity index (χ0n) is 13.6. The number of nitrogens with zero attached hydrogens (tertiary/aromatic N) is 3. The molecule has 1 atom stereocenters. The van der Waals surface area contributed by atoms with Gasteiger partial charge in [-0.15, -0.1) is 0 Å². The van der Waals surface area contributed by atoms with Crippen LogP contribution in [-0.2, 0) is 9.59 Å². The van der Waals surface area contributed by atoms with Crippen molar-refractivity contribution in [1.82, 2.24) is 14.7 Å². The molecule has 0 aromatic rings. The molecular formula is C14H27N3O4. The van der Waals surface area contributed by atoms with Gasteiger partial charge in [-0.05, 0) is 27.7 Å². The highest BCUT2D eigenvalue weighted by molar-refractivity contribution is 5.84. The largest absolute Gasteiger partial charge is 0.481 e. The number of hydrogen-bond acceptors (Lipinski definition) is 3. The molecule has 0 radical (unpaired) electrons. The highest BCUT2D eigenvalue weighted by Crippen LogP contribution is 2.07. The van der Waals surface area contributed by atoms with Crippen molar-refractivity contribution in [3.63, 3.8) is 0 Å². The minimum Gasteiger partial charge on any atom is -0.481 e. The Morgan fingerprint density at radius 1 is 1.05 bits per heavy atom. The standard InChI is InChI=1S/C14H27N3O4/c1-6-16(7-2)12(18)10-15(5)14(21)17(8-3)11(4)9-13(19)20/h11H,6-10H2,1-5H3,(H,19,20). The van der Waals surface area contributed by atoms with Crippen LogP contribution in [0.4, 0.5) is 4.79 Å². The molecule has 0 rings (SSSR count). The molecule has 21 heavy (non-hydrogen) atoms. The number of hydrogen-bond donors (Lipinski definition) is 1. The number of carbonyl (C=O) groups is 3. The van der Waals surface area contributed by atoms with Crippen LogP contribution in [-0.4, -0.2) is 77.0 Å². The van der Waals surface area contributed by atoms with Crippen molar-refractivity contribution in [3.8, 4) is 0 Å². The minimum atomic E-state index is -0.948. The van der Waals surface area contributed by atoms with E-state index in [9.17, 15) is 14.4 Å². The van der Waals surface area contributed by atoms with E-state index in [-0.39, 0.29) is 24.9 Å². The van der Waals surface area contributed by atoms with E-state index >= 15 is 0 Å². The van der Waals surface area contributed by atoms with Crippen LogP contribution >= 0.6 is 0 Å². The predicted octanol–water partition coefficient (Wildman–Crippen LogP) is 1.09. The lowest BCUT2D eigenvalue weighted by Gasteiger charge is -2.32. The first kappa shape index (κ1) is 19.2. The van der Waals surface area contributed by atoms with Gasteiger partial charge in [-0.1, -0.05) is 0 Å². The molecule has 7 heteroatoms. The van der Waals surface area contributed by atoms with Gasteiger partial charge in [0.15, 0.2) is 0 Å². The van der Waals surface area contributed by atoms with Gasteiger partial charge < -0.3 is 19.8 Å². The van der Waals surface area contributed by atoms with Gasteiger partial charge in [-0.2, -0.15) is 0 Å². The Morgan fingerprint density at radius 2 is 1.57 bits per heavy atom. The summed E-state index contributed by atoms with van der Waals surface area (Å²) in [6, 6.07) is -0.738. The molecule has 0 spiro atoms. The van der Waals surface area contributed by atoms with E-state index in [1.54, 1.807) is 25.8 Å². The number of rotatable bonds is 8. The zero-order chi connectivity index (χ0) is 16.6. The van der Waals surface area contributed by atoms with Crippen molar-refractivity contribution < 1.29 is 19.5 Å². The van der Waals surface area contributed by atoms with E-state index < -0.39 is 12.0 Å². The summed E-state index contributed by atoms with van der Waals surface area (Å²) >= 11 is 0. The van der Waals surface area contributed by atoms with Crippen LogP contribution in [0.1, 0.15) is 34.1 Å². The first-order valence-corrected chi connectivity index (χ1v) is 7.29. The van der Waals surface area contributed by atoms with E-state index in [2.05, 4.69) is 0 Å². The molecule has 3 amide bonds. The van der Waals surface area contributed by atoms with Crippen LogP contribution in [0.15, 0.2) is 0 Å². The molecule has 0 saturated heterocycles. The lowest BCUT2D eigenvalue weighted by atomic mass is 10.2. The van der Waals surface area contributed by atoms with Gasteiger partial charge in [0.25, 0.3) is 0 Å². The van der Waals surface area contributed by atoms with Crippen LogP contribution in [0, 0.1) is 0 Å². The van der Waals surface area contributed by atoms with Crippen molar-refractivity contribution in [3.05, 3.63) is 0 Å². The molecule has 1 N–H and O–H groups in total. The van der Waals surface area contributed by atoms with Crippen molar-refractivity contribution in [2.24, 2.45) is 0 Å². The lowest BCUT2D eigenvalue weighted by Crippen LogP contribution is -2.49. The van der Waals surface area contributed by atoms with Crippen molar-refractivity contribution in [1.29, 1.82) is 0 Å². The lowest BCUT2D eigenvalue weighted by molar-refractivity contribution is -0.138. The third kappa shape index (κ3) is 6.01. The fourth-order valence-electron chi connectivity index (χ4n) is 2.16. The molecule has 0 saturated carbocycles. The number of carboxylic acids is 1. The zero-order valence-corrected chi connectivity index (χ0v) is 13.6. The monoisotopic (exact) mass is 301 g/mol. The van der Waals surface area contributed by atoms with Gasteiger partial charge in [-0.3, -0.25) is 9.59 Å². The van der Waals surface area contributed by atoms with E-state index in [0.717, 1.165) is 0 Å². The summed E-state index contributed by atoms with van der Waals surface area (Å²) in [5.41, 5.74) is 0. The fourth-order valence-corrected chi connectivity index (χ4v) is 2.16. The Balaban J connectivity index is 4.72. The third-order valence-electron chi connectivity index (χ3n) is 3.40. The maximum Gasteiger partial charge on any atom is 0.320 e. The average molecular weight is 301 g/mol. The number of carbonyl (C=O) groups excluding carboxylic acids is 2. The second kappa shape index (κ2) is 9.20. The summed E-state index contributed by atoms with van der Waals surface area (Å²) < 4.78 is 0. The molecule has 7 nitrogen and oxygen atoms in total. The Hall–Kier alpha value is -1.79. The summed E-state index contributed by atoms with van der Waals surface area (Å²) in [4.78, 5) is 39.5. The van der Waals surface area contributed by atoms with E-state index in [4.69, 9.17) is 5.11 Å². The Labute approximate surface area is 126 Å². The van der Waals surface area contributed by atoms with E-state index in [1.165, 1.54) is 9.80 Å². The van der Waals surface area contributed by atoms with Crippen LogP contribution in [0.3, 0.4) is 0 Å². The highest BCUT2D eigenvalue weighted by Gasteiger charge is 2.25. The van der Waals surface area contributed by atoms with Crippen molar-refractivity contribution >= 4 is 17.9 Å². The van der Waals surface area contributed by atoms with Gasteiger partial charge in [0, 0.05) is 32.7 Å². The second-order valence-electron chi connectivity index (χ2n) is 4.94. The van der Waals surface area contributed by atoms with Gasteiger partial charge in [0.2, 0.25) is 5.91 Å². The number of urea groups is 1. The molecule has 0 aromatic heterocycles. The number of likely N-dealkylation sites (N-methyl/N-ethyl adjacent to an activating group) is 2. The minimum absolute atomic E-state index is 0.00317. The maximum absolute atomic E-state index is 12.3. The van der Waals surface area contributed by atoms with Crippen molar-refractivity contribution in [2.45, 2.75) is 40.2 Å². The summed E-state index contributed by atoms with van der Waals surface area (Å²) in [7, 11) is 1.56. The summed E-state index contributed by atoms with van der Waals surface area (Å²) in [6.45, 7) is 8.85. The van der Waals surface area contributed by atoms with Gasteiger partial charge in [-0.25, -0.2) is 4.79 Å². The van der Waals surface area contributed by atoms with Crippen molar-refractivity contribution in [2.75, 3.05) is 33.2 Å².